The number of carboxylic acids is 1. The second-order valence-electron chi connectivity index (χ2n) is 4.05. The molecule has 1 fully saturated rings. The van der Waals surface area contributed by atoms with Crippen LogP contribution in [-0.4, -0.2) is 11.1 Å². The fourth-order valence-corrected chi connectivity index (χ4v) is 1.81. The third-order valence-electron chi connectivity index (χ3n) is 2.66. The summed E-state index contributed by atoms with van der Waals surface area (Å²) in [4.78, 5) is 10.6. The molecule has 1 aromatic carbocycles. The summed E-state index contributed by atoms with van der Waals surface area (Å²) >= 11 is 0. The molecule has 14 heavy (non-hydrogen) atoms. The van der Waals surface area contributed by atoms with Crippen LogP contribution in [0.2, 0.25) is 0 Å². The smallest absolute Gasteiger partial charge is 0.307 e. The molecule has 1 aliphatic rings. The fraction of sp³-hybridized carbons (Fsp3) is 0.417. The third kappa shape index (κ3) is 1.95. The van der Waals surface area contributed by atoms with E-state index in [9.17, 15) is 4.79 Å². The van der Waals surface area contributed by atoms with E-state index < -0.39 is 5.97 Å². The van der Waals surface area contributed by atoms with Gasteiger partial charge >= 0.3 is 5.97 Å². The van der Waals surface area contributed by atoms with Crippen LogP contribution in [0.15, 0.2) is 18.2 Å². The maximum absolute atomic E-state index is 10.6. The van der Waals surface area contributed by atoms with Crippen molar-refractivity contribution in [2.75, 3.05) is 0 Å². The second kappa shape index (κ2) is 3.45. The standard InChI is InChI=1S/C12H14O2/c1-8-2-3-10(7-12(13)14)11(6-8)9-4-5-9/h2-3,6,9H,4-5,7H2,1H3,(H,13,14). The van der Waals surface area contributed by atoms with Gasteiger partial charge in [0.2, 0.25) is 0 Å². The van der Waals surface area contributed by atoms with Crippen LogP contribution in [0, 0.1) is 6.92 Å². The molecule has 0 bridgehead atoms. The van der Waals surface area contributed by atoms with Crippen molar-refractivity contribution in [3.63, 3.8) is 0 Å². The Morgan fingerprint density at radius 2 is 2.21 bits per heavy atom. The molecule has 1 N–H and O–H groups in total. The van der Waals surface area contributed by atoms with Crippen molar-refractivity contribution in [3.05, 3.63) is 34.9 Å². The molecule has 0 aromatic heterocycles. The maximum atomic E-state index is 10.6. The van der Waals surface area contributed by atoms with Crippen molar-refractivity contribution >= 4 is 5.97 Å². The molecule has 1 aliphatic carbocycles. The summed E-state index contributed by atoms with van der Waals surface area (Å²) in [6, 6.07) is 6.08. The molecule has 0 unspecified atom stereocenters. The Labute approximate surface area is 83.6 Å². The van der Waals surface area contributed by atoms with E-state index in [1.165, 1.54) is 24.0 Å². The molecule has 0 spiro atoms. The lowest BCUT2D eigenvalue weighted by molar-refractivity contribution is -0.136. The van der Waals surface area contributed by atoms with Crippen molar-refractivity contribution in [2.24, 2.45) is 0 Å². The highest BCUT2D eigenvalue weighted by Crippen LogP contribution is 2.42. The number of aliphatic carboxylic acids is 1. The van der Waals surface area contributed by atoms with Crippen LogP contribution in [0.4, 0.5) is 0 Å². The minimum Gasteiger partial charge on any atom is -0.481 e. The summed E-state index contributed by atoms with van der Waals surface area (Å²) in [7, 11) is 0. The highest BCUT2D eigenvalue weighted by molar-refractivity contribution is 5.71. The fourth-order valence-electron chi connectivity index (χ4n) is 1.81. The largest absolute Gasteiger partial charge is 0.481 e. The highest BCUT2D eigenvalue weighted by atomic mass is 16.4. The predicted molar refractivity (Wildman–Crippen MR) is 54.5 cm³/mol. The Bertz CT molecular complexity index is 365. The first-order valence-corrected chi connectivity index (χ1v) is 4.98. The van der Waals surface area contributed by atoms with Crippen LogP contribution in [0.3, 0.4) is 0 Å². The Kier molecular flexibility index (Phi) is 2.28. The number of carbonyl (C=O) groups is 1. The molecule has 0 heterocycles. The molecular weight excluding hydrogens is 176 g/mol. The van der Waals surface area contributed by atoms with Gasteiger partial charge < -0.3 is 5.11 Å². The number of aryl methyl sites for hydroxylation is 1. The van der Waals surface area contributed by atoms with Crippen molar-refractivity contribution in [3.8, 4) is 0 Å². The van der Waals surface area contributed by atoms with Gasteiger partial charge in [-0.05, 0) is 36.8 Å². The van der Waals surface area contributed by atoms with E-state index >= 15 is 0 Å². The minimum absolute atomic E-state index is 0.159. The Morgan fingerprint density at radius 1 is 1.50 bits per heavy atom. The molecule has 0 radical (unpaired) electrons. The SMILES string of the molecule is Cc1ccc(CC(=O)O)c(C2CC2)c1. The molecule has 2 rings (SSSR count). The maximum Gasteiger partial charge on any atom is 0.307 e. The van der Waals surface area contributed by atoms with E-state index in [2.05, 4.69) is 13.0 Å². The molecule has 0 saturated heterocycles. The first-order valence-electron chi connectivity index (χ1n) is 4.98. The number of hydrogen-bond donors (Lipinski definition) is 1. The first-order chi connectivity index (χ1) is 6.66. The number of benzene rings is 1. The van der Waals surface area contributed by atoms with Crippen LogP contribution in [-0.2, 0) is 11.2 Å². The Morgan fingerprint density at radius 3 is 2.79 bits per heavy atom. The van der Waals surface area contributed by atoms with Crippen LogP contribution >= 0.6 is 0 Å². The van der Waals surface area contributed by atoms with E-state index in [-0.39, 0.29) is 6.42 Å². The average molecular weight is 190 g/mol. The molecule has 0 atom stereocenters. The summed E-state index contributed by atoms with van der Waals surface area (Å²) in [6.45, 7) is 2.05. The molecule has 1 saturated carbocycles. The lowest BCUT2D eigenvalue weighted by Gasteiger charge is -2.07. The highest BCUT2D eigenvalue weighted by Gasteiger charge is 2.26. The molecule has 2 nitrogen and oxygen atoms in total. The zero-order chi connectivity index (χ0) is 10.1. The topological polar surface area (TPSA) is 37.3 Å². The molecule has 2 heteroatoms. The van der Waals surface area contributed by atoms with Gasteiger partial charge in [-0.15, -0.1) is 0 Å². The lowest BCUT2D eigenvalue weighted by Crippen LogP contribution is -2.03. The zero-order valence-electron chi connectivity index (χ0n) is 8.29. The van der Waals surface area contributed by atoms with Gasteiger partial charge in [-0.25, -0.2) is 0 Å². The van der Waals surface area contributed by atoms with Gasteiger partial charge in [0, 0.05) is 0 Å². The summed E-state index contributed by atoms with van der Waals surface area (Å²) in [5, 5.41) is 8.76. The van der Waals surface area contributed by atoms with Gasteiger partial charge in [-0.2, -0.15) is 0 Å². The van der Waals surface area contributed by atoms with E-state index in [4.69, 9.17) is 5.11 Å². The summed E-state index contributed by atoms with van der Waals surface area (Å²) in [6.07, 6.45) is 2.60. The number of rotatable bonds is 3. The summed E-state index contributed by atoms with van der Waals surface area (Å²) < 4.78 is 0. The van der Waals surface area contributed by atoms with Crippen molar-refractivity contribution < 1.29 is 9.90 Å². The molecule has 0 amide bonds. The van der Waals surface area contributed by atoms with Gasteiger partial charge in [0.1, 0.15) is 0 Å². The molecular formula is C12H14O2. The van der Waals surface area contributed by atoms with Crippen molar-refractivity contribution in [1.82, 2.24) is 0 Å². The van der Waals surface area contributed by atoms with E-state index in [1.54, 1.807) is 0 Å². The lowest BCUT2D eigenvalue weighted by atomic mass is 9.98. The van der Waals surface area contributed by atoms with E-state index in [0.717, 1.165) is 5.56 Å². The van der Waals surface area contributed by atoms with Gasteiger partial charge in [-0.1, -0.05) is 23.8 Å². The summed E-state index contributed by atoms with van der Waals surface area (Å²) in [5.41, 5.74) is 3.47. The van der Waals surface area contributed by atoms with Crippen LogP contribution in [0.5, 0.6) is 0 Å². The van der Waals surface area contributed by atoms with Crippen molar-refractivity contribution in [1.29, 1.82) is 0 Å². The third-order valence-corrected chi connectivity index (χ3v) is 2.66. The average Bonchev–Trinajstić information content (AvgIpc) is 2.90. The molecule has 1 aromatic rings. The van der Waals surface area contributed by atoms with E-state index in [0.29, 0.717) is 5.92 Å². The van der Waals surface area contributed by atoms with Gasteiger partial charge in [-0.3, -0.25) is 4.79 Å². The number of carboxylic acid groups (broad SMARTS) is 1. The van der Waals surface area contributed by atoms with Crippen LogP contribution < -0.4 is 0 Å². The molecule has 74 valence electrons. The Balaban J connectivity index is 2.32. The Hall–Kier alpha value is -1.31. The monoisotopic (exact) mass is 190 g/mol. The van der Waals surface area contributed by atoms with E-state index in [1.807, 2.05) is 12.1 Å². The normalized spacial score (nSPS) is 15.5. The minimum atomic E-state index is -0.740. The van der Waals surface area contributed by atoms with Gasteiger partial charge in [0.15, 0.2) is 0 Å². The van der Waals surface area contributed by atoms with Crippen LogP contribution in [0.1, 0.15) is 35.4 Å². The zero-order valence-corrected chi connectivity index (χ0v) is 8.29. The van der Waals surface area contributed by atoms with Crippen LogP contribution in [0.25, 0.3) is 0 Å². The summed E-state index contributed by atoms with van der Waals surface area (Å²) in [5.74, 6) is -0.111. The number of hydrogen-bond acceptors (Lipinski definition) is 1. The second-order valence-corrected chi connectivity index (χ2v) is 4.05. The quantitative estimate of drug-likeness (QED) is 0.795. The van der Waals surface area contributed by atoms with Gasteiger partial charge in [0.25, 0.3) is 0 Å². The van der Waals surface area contributed by atoms with Gasteiger partial charge in [0.05, 0.1) is 6.42 Å². The predicted octanol–water partition coefficient (Wildman–Crippen LogP) is 2.50. The first kappa shape index (κ1) is 9.25. The van der Waals surface area contributed by atoms with Crippen molar-refractivity contribution in [2.45, 2.75) is 32.1 Å². The molecule has 0 aliphatic heterocycles.